The third-order valence-electron chi connectivity index (χ3n) is 3.03. The van der Waals surface area contributed by atoms with Crippen molar-refractivity contribution in [2.24, 2.45) is 0 Å². The predicted molar refractivity (Wildman–Crippen MR) is 64.8 cm³/mol. The number of urea groups is 1. The molecule has 1 aliphatic heterocycles. The summed E-state index contributed by atoms with van der Waals surface area (Å²) in [6, 6.07) is -0.227. The minimum Gasteiger partial charge on any atom is -0.481 e. The lowest BCUT2D eigenvalue weighted by atomic mass is 10.1. The molecule has 1 saturated heterocycles. The summed E-state index contributed by atoms with van der Waals surface area (Å²) in [4.78, 5) is 26.2. The molecule has 0 radical (unpaired) electrons. The molecule has 2 amide bonds. The van der Waals surface area contributed by atoms with E-state index in [0.717, 1.165) is 12.8 Å². The molecule has 17 heavy (non-hydrogen) atoms. The number of carboxylic acids is 1. The first-order valence-corrected chi connectivity index (χ1v) is 5.98. The fourth-order valence-corrected chi connectivity index (χ4v) is 2.18. The molecule has 5 nitrogen and oxygen atoms in total. The molecule has 0 spiro atoms. The fraction of sp³-hybridized carbons (Fsp3) is 0.667. The zero-order chi connectivity index (χ0) is 12.8. The monoisotopic (exact) mass is 240 g/mol. The highest BCUT2D eigenvalue weighted by molar-refractivity contribution is 5.76. The van der Waals surface area contributed by atoms with Crippen LogP contribution >= 0.6 is 0 Å². The largest absolute Gasteiger partial charge is 0.481 e. The summed E-state index contributed by atoms with van der Waals surface area (Å²) in [5, 5.41) is 8.80. The fourth-order valence-electron chi connectivity index (χ4n) is 2.18. The van der Waals surface area contributed by atoms with Gasteiger partial charge in [0.2, 0.25) is 0 Å². The zero-order valence-corrected chi connectivity index (χ0v) is 10.3. The highest BCUT2D eigenvalue weighted by Crippen LogP contribution is 2.21. The van der Waals surface area contributed by atoms with Crippen molar-refractivity contribution in [3.63, 3.8) is 0 Å². The molecule has 1 rings (SSSR count). The van der Waals surface area contributed by atoms with E-state index in [1.165, 1.54) is 0 Å². The van der Waals surface area contributed by atoms with Crippen LogP contribution in [-0.4, -0.2) is 52.6 Å². The van der Waals surface area contributed by atoms with Gasteiger partial charge in [0, 0.05) is 25.7 Å². The Morgan fingerprint density at radius 3 is 2.82 bits per heavy atom. The van der Waals surface area contributed by atoms with Crippen LogP contribution in [0.5, 0.6) is 0 Å². The van der Waals surface area contributed by atoms with Gasteiger partial charge in [0.1, 0.15) is 0 Å². The highest BCUT2D eigenvalue weighted by Gasteiger charge is 2.32. The van der Waals surface area contributed by atoms with E-state index in [4.69, 9.17) is 5.11 Å². The second-order valence-corrected chi connectivity index (χ2v) is 4.20. The Morgan fingerprint density at radius 2 is 2.29 bits per heavy atom. The molecule has 5 heteroatoms. The van der Waals surface area contributed by atoms with E-state index >= 15 is 0 Å². The van der Waals surface area contributed by atoms with E-state index < -0.39 is 5.97 Å². The van der Waals surface area contributed by atoms with Gasteiger partial charge in [-0.05, 0) is 19.8 Å². The third kappa shape index (κ3) is 3.47. The Balaban J connectivity index is 2.65. The van der Waals surface area contributed by atoms with Gasteiger partial charge in [0.05, 0.1) is 6.42 Å². The average Bonchev–Trinajstić information content (AvgIpc) is 2.72. The first-order valence-electron chi connectivity index (χ1n) is 5.98. The van der Waals surface area contributed by atoms with E-state index in [-0.39, 0.29) is 18.5 Å². The molecule has 96 valence electrons. The molecule has 1 unspecified atom stereocenters. The summed E-state index contributed by atoms with van der Waals surface area (Å²) in [5.41, 5.74) is 0. The van der Waals surface area contributed by atoms with E-state index in [9.17, 15) is 9.59 Å². The number of likely N-dealkylation sites (N-methyl/N-ethyl adjacent to an activating group) is 1. The van der Waals surface area contributed by atoms with Crippen molar-refractivity contribution in [1.29, 1.82) is 0 Å². The lowest BCUT2D eigenvalue weighted by molar-refractivity contribution is -0.138. The molecule has 1 fully saturated rings. The van der Waals surface area contributed by atoms with Gasteiger partial charge in [0.25, 0.3) is 0 Å². The van der Waals surface area contributed by atoms with Crippen molar-refractivity contribution in [2.75, 3.05) is 19.6 Å². The molecule has 1 heterocycles. The Labute approximate surface area is 102 Å². The van der Waals surface area contributed by atoms with E-state index in [1.54, 1.807) is 15.9 Å². The van der Waals surface area contributed by atoms with Crippen molar-refractivity contribution < 1.29 is 14.7 Å². The molecule has 0 aromatic heterocycles. The maximum absolute atomic E-state index is 12.2. The molecule has 0 aromatic rings. The van der Waals surface area contributed by atoms with Crippen molar-refractivity contribution in [3.05, 3.63) is 12.7 Å². The smallest absolute Gasteiger partial charge is 0.320 e. The topological polar surface area (TPSA) is 60.9 Å². The van der Waals surface area contributed by atoms with Crippen LogP contribution in [0, 0.1) is 0 Å². The number of hydrogen-bond donors (Lipinski definition) is 1. The Morgan fingerprint density at radius 1 is 1.59 bits per heavy atom. The standard InChI is InChI=1S/C12H20N2O3/c1-3-7-13(4-2)12(17)14-8-5-6-10(14)9-11(15)16/h3,10H,1,4-9H2,2H3,(H,15,16). The number of rotatable bonds is 5. The van der Waals surface area contributed by atoms with Gasteiger partial charge in [0.15, 0.2) is 0 Å². The summed E-state index contributed by atoms with van der Waals surface area (Å²) in [6.07, 6.45) is 3.39. The SMILES string of the molecule is C=CCN(CC)C(=O)N1CCCC1CC(=O)O. The molecule has 0 bridgehead atoms. The van der Waals surface area contributed by atoms with Gasteiger partial charge in [-0.25, -0.2) is 4.79 Å². The number of likely N-dealkylation sites (tertiary alicyclic amines) is 1. The van der Waals surface area contributed by atoms with Gasteiger partial charge in [-0.15, -0.1) is 6.58 Å². The van der Waals surface area contributed by atoms with Crippen LogP contribution < -0.4 is 0 Å². The Bertz CT molecular complexity index is 304. The van der Waals surface area contributed by atoms with Crippen LogP contribution in [0.4, 0.5) is 4.79 Å². The molecule has 0 aromatic carbocycles. The van der Waals surface area contributed by atoms with Crippen molar-refractivity contribution in [3.8, 4) is 0 Å². The Kier molecular flexibility index (Phi) is 5.00. The first-order chi connectivity index (χ1) is 8.10. The summed E-state index contributed by atoms with van der Waals surface area (Å²) in [6.45, 7) is 7.30. The van der Waals surface area contributed by atoms with Crippen LogP contribution in [0.25, 0.3) is 0 Å². The third-order valence-corrected chi connectivity index (χ3v) is 3.03. The summed E-state index contributed by atoms with van der Waals surface area (Å²) < 4.78 is 0. The number of hydrogen-bond acceptors (Lipinski definition) is 2. The van der Waals surface area contributed by atoms with Crippen LogP contribution in [-0.2, 0) is 4.79 Å². The Hall–Kier alpha value is -1.52. The molecular weight excluding hydrogens is 220 g/mol. The number of amides is 2. The van der Waals surface area contributed by atoms with Gasteiger partial charge in [-0.1, -0.05) is 6.08 Å². The lowest BCUT2D eigenvalue weighted by Gasteiger charge is -2.30. The second-order valence-electron chi connectivity index (χ2n) is 4.20. The van der Waals surface area contributed by atoms with E-state index in [1.807, 2.05) is 6.92 Å². The second kappa shape index (κ2) is 6.27. The molecular formula is C12H20N2O3. The summed E-state index contributed by atoms with van der Waals surface area (Å²) in [5.74, 6) is -0.846. The van der Waals surface area contributed by atoms with Crippen molar-refractivity contribution in [2.45, 2.75) is 32.2 Å². The maximum atomic E-state index is 12.2. The zero-order valence-electron chi connectivity index (χ0n) is 10.3. The van der Waals surface area contributed by atoms with Crippen molar-refractivity contribution in [1.82, 2.24) is 9.80 Å². The number of nitrogens with zero attached hydrogens (tertiary/aromatic N) is 2. The van der Waals surface area contributed by atoms with Crippen LogP contribution in [0.3, 0.4) is 0 Å². The summed E-state index contributed by atoms with van der Waals surface area (Å²) in [7, 11) is 0. The molecule has 0 aliphatic carbocycles. The van der Waals surface area contributed by atoms with Gasteiger partial charge in [-0.2, -0.15) is 0 Å². The van der Waals surface area contributed by atoms with Crippen LogP contribution in [0.2, 0.25) is 0 Å². The highest BCUT2D eigenvalue weighted by atomic mass is 16.4. The molecule has 1 atom stereocenters. The minimum atomic E-state index is -0.846. The first kappa shape index (κ1) is 13.5. The average molecular weight is 240 g/mol. The van der Waals surface area contributed by atoms with Crippen LogP contribution in [0.15, 0.2) is 12.7 Å². The summed E-state index contributed by atoms with van der Waals surface area (Å²) >= 11 is 0. The molecule has 1 N–H and O–H groups in total. The van der Waals surface area contributed by atoms with Crippen LogP contribution in [0.1, 0.15) is 26.2 Å². The minimum absolute atomic E-state index is 0.0391. The normalized spacial score (nSPS) is 19.1. The number of carbonyl (C=O) groups is 2. The number of carboxylic acid groups (broad SMARTS) is 1. The number of aliphatic carboxylic acids is 1. The lowest BCUT2D eigenvalue weighted by Crippen LogP contribution is -2.46. The van der Waals surface area contributed by atoms with Gasteiger partial charge < -0.3 is 14.9 Å². The quantitative estimate of drug-likeness (QED) is 0.742. The molecule has 1 aliphatic rings. The van der Waals surface area contributed by atoms with Gasteiger partial charge >= 0.3 is 12.0 Å². The molecule has 0 saturated carbocycles. The van der Waals surface area contributed by atoms with E-state index in [0.29, 0.717) is 19.6 Å². The van der Waals surface area contributed by atoms with E-state index in [2.05, 4.69) is 6.58 Å². The van der Waals surface area contributed by atoms with Gasteiger partial charge in [-0.3, -0.25) is 4.79 Å². The number of carbonyl (C=O) groups excluding carboxylic acids is 1. The predicted octanol–water partition coefficient (Wildman–Crippen LogP) is 1.55. The van der Waals surface area contributed by atoms with Crippen molar-refractivity contribution >= 4 is 12.0 Å². The maximum Gasteiger partial charge on any atom is 0.320 e.